The van der Waals surface area contributed by atoms with E-state index in [0.29, 0.717) is 0 Å². The van der Waals surface area contributed by atoms with Crippen LogP contribution in [0.15, 0.2) is 78.9 Å². The summed E-state index contributed by atoms with van der Waals surface area (Å²) in [5.74, 6) is -0.508. The number of anilines is 2. The van der Waals surface area contributed by atoms with E-state index in [2.05, 4.69) is 44.7 Å². The normalized spacial score (nSPS) is 13.8. The van der Waals surface area contributed by atoms with Crippen molar-refractivity contribution in [2.24, 2.45) is 0 Å². The van der Waals surface area contributed by atoms with E-state index in [1.165, 1.54) is 29.8 Å². The van der Waals surface area contributed by atoms with Crippen LogP contribution in [0.5, 0.6) is 0 Å². The van der Waals surface area contributed by atoms with Gasteiger partial charge in [0.15, 0.2) is 5.11 Å². The topological polar surface area (TPSA) is 90.8 Å². The van der Waals surface area contributed by atoms with Crippen molar-refractivity contribution in [2.75, 3.05) is 36.4 Å². The predicted octanol–water partition coefficient (Wildman–Crippen LogP) is 4.04. The molecule has 3 aromatic rings. The molecule has 8 nitrogen and oxygen atoms in total. The van der Waals surface area contributed by atoms with Gasteiger partial charge in [-0.05, 0) is 48.1 Å². The number of carbonyl (C=O) groups excluding carboxylic acids is 1. The highest BCUT2D eigenvalue weighted by molar-refractivity contribution is 7.80. The van der Waals surface area contributed by atoms with Crippen molar-refractivity contribution in [3.63, 3.8) is 0 Å². The second-order valence-electron chi connectivity index (χ2n) is 8.01. The lowest BCUT2D eigenvalue weighted by atomic mass is 10.2. The zero-order valence-electron chi connectivity index (χ0n) is 18.5. The minimum Gasteiger partial charge on any atom is -0.369 e. The second-order valence-corrected chi connectivity index (χ2v) is 8.42. The van der Waals surface area contributed by atoms with Gasteiger partial charge < -0.3 is 10.2 Å². The summed E-state index contributed by atoms with van der Waals surface area (Å²) in [5.41, 5.74) is 3.23. The molecule has 0 radical (unpaired) electrons. The van der Waals surface area contributed by atoms with Crippen molar-refractivity contribution in [3.05, 3.63) is 100 Å². The Morgan fingerprint density at radius 1 is 0.941 bits per heavy atom. The van der Waals surface area contributed by atoms with Crippen molar-refractivity contribution in [3.8, 4) is 0 Å². The van der Waals surface area contributed by atoms with Crippen molar-refractivity contribution >= 4 is 40.3 Å². The summed E-state index contributed by atoms with van der Waals surface area (Å²) in [6.07, 6.45) is 0. The average molecular weight is 476 g/mol. The fraction of sp³-hybridized carbons (Fsp3) is 0.200. The van der Waals surface area contributed by atoms with Gasteiger partial charge in [-0.15, -0.1) is 0 Å². The van der Waals surface area contributed by atoms with E-state index in [-0.39, 0.29) is 16.4 Å². The molecular formula is C25H25N5O3S. The minimum atomic E-state index is -0.544. The maximum absolute atomic E-state index is 12.4. The van der Waals surface area contributed by atoms with Crippen LogP contribution in [0.4, 0.5) is 17.1 Å². The quantitative estimate of drug-likeness (QED) is 0.316. The number of benzene rings is 3. The third kappa shape index (κ3) is 6.15. The third-order valence-electron chi connectivity index (χ3n) is 5.66. The Kier molecular flexibility index (Phi) is 7.46. The standard InChI is InChI=1S/C25H25N5O3S/c31-24(20-7-4-8-23(17-20)30(32)33)27-25(34)26-21-9-11-22(12-10-21)29-15-13-28(14-16-29)18-19-5-2-1-3-6-19/h1-12,17H,13-16,18H2,(H2,26,27,31,34). The molecule has 2 N–H and O–H groups in total. The number of non-ortho nitro benzene ring substituents is 1. The minimum absolute atomic E-state index is 0.124. The van der Waals surface area contributed by atoms with Crippen LogP contribution in [0, 0.1) is 10.1 Å². The first-order valence-electron chi connectivity index (χ1n) is 11.0. The van der Waals surface area contributed by atoms with Crippen LogP contribution in [0.25, 0.3) is 0 Å². The number of nitro groups is 1. The Bertz CT molecular complexity index is 1160. The molecule has 9 heteroatoms. The molecule has 0 bridgehead atoms. The fourth-order valence-electron chi connectivity index (χ4n) is 3.86. The number of amides is 1. The van der Waals surface area contributed by atoms with E-state index in [1.807, 2.05) is 30.3 Å². The van der Waals surface area contributed by atoms with Crippen LogP contribution in [-0.2, 0) is 6.54 Å². The molecule has 1 aliphatic rings. The molecule has 0 spiro atoms. The molecule has 1 heterocycles. The lowest BCUT2D eigenvalue weighted by Crippen LogP contribution is -2.45. The van der Waals surface area contributed by atoms with E-state index < -0.39 is 10.8 Å². The molecule has 0 aliphatic carbocycles. The van der Waals surface area contributed by atoms with Gasteiger partial charge in [0.25, 0.3) is 11.6 Å². The van der Waals surface area contributed by atoms with E-state index in [0.717, 1.165) is 44.1 Å². The highest BCUT2D eigenvalue weighted by atomic mass is 32.1. The van der Waals surface area contributed by atoms with Gasteiger partial charge in [0.1, 0.15) is 0 Å². The lowest BCUT2D eigenvalue weighted by Gasteiger charge is -2.36. The molecule has 1 aliphatic heterocycles. The van der Waals surface area contributed by atoms with E-state index in [4.69, 9.17) is 12.2 Å². The summed E-state index contributed by atoms with van der Waals surface area (Å²) in [6.45, 7) is 4.89. The van der Waals surface area contributed by atoms with Crippen molar-refractivity contribution in [2.45, 2.75) is 6.54 Å². The molecule has 4 rings (SSSR count). The number of hydrogen-bond donors (Lipinski definition) is 2. The lowest BCUT2D eigenvalue weighted by molar-refractivity contribution is -0.384. The van der Waals surface area contributed by atoms with E-state index in [1.54, 1.807) is 0 Å². The summed E-state index contributed by atoms with van der Waals surface area (Å²) >= 11 is 5.23. The predicted molar refractivity (Wildman–Crippen MR) is 137 cm³/mol. The number of nitrogens with zero attached hydrogens (tertiary/aromatic N) is 3. The van der Waals surface area contributed by atoms with Gasteiger partial charge in [0.05, 0.1) is 4.92 Å². The molecular weight excluding hydrogens is 450 g/mol. The average Bonchev–Trinajstić information content (AvgIpc) is 2.85. The third-order valence-corrected chi connectivity index (χ3v) is 5.86. The largest absolute Gasteiger partial charge is 0.369 e. The molecule has 0 saturated carbocycles. The highest BCUT2D eigenvalue weighted by Gasteiger charge is 2.17. The monoisotopic (exact) mass is 475 g/mol. The highest BCUT2D eigenvalue weighted by Crippen LogP contribution is 2.20. The molecule has 1 amide bonds. The maximum Gasteiger partial charge on any atom is 0.270 e. The van der Waals surface area contributed by atoms with Gasteiger partial charge in [-0.2, -0.15) is 0 Å². The van der Waals surface area contributed by atoms with Gasteiger partial charge >= 0.3 is 0 Å². The van der Waals surface area contributed by atoms with E-state index >= 15 is 0 Å². The van der Waals surface area contributed by atoms with Crippen LogP contribution in [0.3, 0.4) is 0 Å². The summed E-state index contributed by atoms with van der Waals surface area (Å²) < 4.78 is 0. The van der Waals surface area contributed by atoms with Gasteiger partial charge in [-0.1, -0.05) is 36.4 Å². The number of rotatable bonds is 6. The van der Waals surface area contributed by atoms with Crippen LogP contribution >= 0.6 is 12.2 Å². The summed E-state index contributed by atoms with van der Waals surface area (Å²) in [4.78, 5) is 27.5. The van der Waals surface area contributed by atoms with Gasteiger partial charge in [0.2, 0.25) is 0 Å². The first-order valence-corrected chi connectivity index (χ1v) is 11.4. The van der Waals surface area contributed by atoms with Crippen LogP contribution in [-0.4, -0.2) is 47.0 Å². The van der Waals surface area contributed by atoms with E-state index in [9.17, 15) is 14.9 Å². The first-order chi connectivity index (χ1) is 16.5. The molecule has 34 heavy (non-hydrogen) atoms. The van der Waals surface area contributed by atoms with Crippen LogP contribution in [0.1, 0.15) is 15.9 Å². The fourth-order valence-corrected chi connectivity index (χ4v) is 4.07. The Hall–Kier alpha value is -3.82. The number of thiocarbonyl (C=S) groups is 1. The maximum atomic E-state index is 12.4. The molecule has 0 aromatic heterocycles. The molecule has 174 valence electrons. The summed E-state index contributed by atoms with van der Waals surface area (Å²) in [5, 5.41) is 16.6. The van der Waals surface area contributed by atoms with Crippen LogP contribution < -0.4 is 15.5 Å². The Morgan fingerprint density at radius 2 is 1.65 bits per heavy atom. The zero-order valence-corrected chi connectivity index (χ0v) is 19.3. The number of carbonyl (C=O) groups is 1. The van der Waals surface area contributed by atoms with Crippen molar-refractivity contribution in [1.82, 2.24) is 10.2 Å². The number of nitro benzene ring substituents is 1. The Morgan fingerprint density at radius 3 is 2.32 bits per heavy atom. The summed E-state index contributed by atoms with van der Waals surface area (Å²) in [6, 6.07) is 23.9. The van der Waals surface area contributed by atoms with Crippen molar-refractivity contribution < 1.29 is 9.72 Å². The van der Waals surface area contributed by atoms with Gasteiger partial charge in [-0.25, -0.2) is 0 Å². The Balaban J connectivity index is 1.27. The number of nitrogens with one attached hydrogen (secondary N) is 2. The second kappa shape index (κ2) is 10.9. The van der Waals surface area contributed by atoms with Gasteiger partial charge in [0, 0.05) is 61.8 Å². The molecule has 1 saturated heterocycles. The van der Waals surface area contributed by atoms with Crippen LogP contribution in [0.2, 0.25) is 0 Å². The molecule has 0 atom stereocenters. The summed E-state index contributed by atoms with van der Waals surface area (Å²) in [7, 11) is 0. The smallest absolute Gasteiger partial charge is 0.270 e. The number of hydrogen-bond acceptors (Lipinski definition) is 6. The zero-order chi connectivity index (χ0) is 23.9. The van der Waals surface area contributed by atoms with Gasteiger partial charge in [-0.3, -0.25) is 25.1 Å². The number of piperazine rings is 1. The first kappa shape index (κ1) is 23.3. The van der Waals surface area contributed by atoms with Crippen molar-refractivity contribution in [1.29, 1.82) is 0 Å². The molecule has 1 fully saturated rings. The molecule has 3 aromatic carbocycles. The SMILES string of the molecule is O=C(NC(=S)Nc1ccc(N2CCN(Cc3ccccc3)CC2)cc1)c1cccc([N+](=O)[O-])c1. The molecule has 0 unspecified atom stereocenters. The Labute approximate surface area is 203 Å².